The molecule has 1 aliphatic carbocycles. The van der Waals surface area contributed by atoms with Crippen LogP contribution in [-0.4, -0.2) is 24.5 Å². The van der Waals surface area contributed by atoms with E-state index in [-0.39, 0.29) is 18.6 Å². The van der Waals surface area contributed by atoms with Gasteiger partial charge in [-0.1, -0.05) is 19.8 Å². The smallest absolute Gasteiger partial charge is 0.342 e. The third kappa shape index (κ3) is 4.09. The molecule has 2 rings (SSSR count). The van der Waals surface area contributed by atoms with E-state index in [0.29, 0.717) is 23.0 Å². The minimum Gasteiger partial charge on any atom is -0.466 e. The predicted molar refractivity (Wildman–Crippen MR) is 78.0 cm³/mol. The Bertz CT molecular complexity index is 520. The van der Waals surface area contributed by atoms with Crippen LogP contribution in [0.3, 0.4) is 0 Å². The maximum atomic E-state index is 11.9. The molecule has 0 unspecified atom stereocenters. The van der Waals surface area contributed by atoms with Crippen LogP contribution in [-0.2, 0) is 9.53 Å². The number of hydrogen-bond acceptors (Lipinski definition) is 4. The largest absolute Gasteiger partial charge is 0.466 e. The molecule has 1 aromatic rings. The molecule has 1 amide bonds. The normalized spacial score (nSPS) is 21.9. The number of nitrogens with one attached hydrogen (secondary N) is 1. The fraction of sp³-hybridized carbons (Fsp3) is 0.625. The molecule has 5 nitrogen and oxygen atoms in total. The first kappa shape index (κ1) is 15.6. The Labute approximate surface area is 125 Å². The molecule has 0 spiro atoms. The minimum atomic E-state index is -0.517. The number of ether oxygens (including phenoxy) is 1. The fourth-order valence-electron chi connectivity index (χ4n) is 2.82. The summed E-state index contributed by atoms with van der Waals surface area (Å²) in [6.07, 6.45) is 4.50. The van der Waals surface area contributed by atoms with Crippen LogP contribution in [0.1, 0.15) is 54.5 Å². The van der Waals surface area contributed by atoms with Crippen molar-refractivity contribution in [1.82, 2.24) is 5.32 Å². The number of amides is 1. The van der Waals surface area contributed by atoms with E-state index < -0.39 is 5.97 Å². The van der Waals surface area contributed by atoms with Crippen molar-refractivity contribution in [2.75, 3.05) is 6.61 Å². The van der Waals surface area contributed by atoms with Crippen molar-refractivity contribution in [3.63, 3.8) is 0 Å². The summed E-state index contributed by atoms with van der Waals surface area (Å²) in [6.45, 7) is 5.37. The van der Waals surface area contributed by atoms with E-state index in [1.54, 1.807) is 19.9 Å². The summed E-state index contributed by atoms with van der Waals surface area (Å²) in [4.78, 5) is 23.7. The first-order valence-corrected chi connectivity index (χ1v) is 7.51. The van der Waals surface area contributed by atoms with E-state index in [1.807, 2.05) is 0 Å². The number of aryl methyl sites for hydroxylation is 2. The van der Waals surface area contributed by atoms with Gasteiger partial charge in [-0.15, -0.1) is 0 Å². The van der Waals surface area contributed by atoms with Gasteiger partial charge in [0.25, 0.3) is 5.91 Å². The topological polar surface area (TPSA) is 68.5 Å². The highest BCUT2D eigenvalue weighted by atomic mass is 16.5. The van der Waals surface area contributed by atoms with Gasteiger partial charge >= 0.3 is 5.97 Å². The quantitative estimate of drug-likeness (QED) is 0.867. The SMILES string of the molecule is Cc1cc(C(=O)OCC(=O)N[C@@H]2CCCC[C@@H]2C)c(C)o1. The van der Waals surface area contributed by atoms with Gasteiger partial charge in [-0.25, -0.2) is 4.79 Å². The Balaban J connectivity index is 1.81. The van der Waals surface area contributed by atoms with Gasteiger partial charge in [-0.3, -0.25) is 4.79 Å². The molecule has 1 heterocycles. The maximum absolute atomic E-state index is 11.9. The second-order valence-electron chi connectivity index (χ2n) is 5.84. The van der Waals surface area contributed by atoms with Crippen LogP contribution in [0.5, 0.6) is 0 Å². The highest BCUT2D eigenvalue weighted by molar-refractivity contribution is 5.92. The number of hydrogen-bond donors (Lipinski definition) is 1. The van der Waals surface area contributed by atoms with Crippen molar-refractivity contribution in [2.45, 2.75) is 52.5 Å². The van der Waals surface area contributed by atoms with Crippen molar-refractivity contribution in [3.8, 4) is 0 Å². The molecule has 1 aliphatic rings. The molecular formula is C16H23NO4. The summed E-state index contributed by atoms with van der Waals surface area (Å²) in [5.41, 5.74) is 0.381. The molecule has 1 aromatic heterocycles. The van der Waals surface area contributed by atoms with Gasteiger partial charge < -0.3 is 14.5 Å². The lowest BCUT2D eigenvalue weighted by molar-refractivity contribution is -0.125. The third-order valence-electron chi connectivity index (χ3n) is 4.05. The number of carbonyl (C=O) groups excluding carboxylic acids is 2. The van der Waals surface area contributed by atoms with E-state index >= 15 is 0 Å². The van der Waals surface area contributed by atoms with Crippen LogP contribution in [0.25, 0.3) is 0 Å². The number of rotatable bonds is 4. The molecule has 21 heavy (non-hydrogen) atoms. The van der Waals surface area contributed by atoms with Gasteiger partial charge in [0.1, 0.15) is 17.1 Å². The summed E-state index contributed by atoms with van der Waals surface area (Å²) in [5, 5.41) is 2.96. The maximum Gasteiger partial charge on any atom is 0.342 e. The number of esters is 1. The van der Waals surface area contributed by atoms with E-state index in [2.05, 4.69) is 12.2 Å². The monoisotopic (exact) mass is 293 g/mol. The Morgan fingerprint density at radius 2 is 2.05 bits per heavy atom. The van der Waals surface area contributed by atoms with Gasteiger partial charge in [0.05, 0.1) is 0 Å². The lowest BCUT2D eigenvalue weighted by atomic mass is 9.86. The molecular weight excluding hydrogens is 270 g/mol. The molecule has 0 saturated heterocycles. The predicted octanol–water partition coefficient (Wildman–Crippen LogP) is 2.75. The average molecular weight is 293 g/mol. The summed E-state index contributed by atoms with van der Waals surface area (Å²) in [7, 11) is 0. The second kappa shape index (κ2) is 6.78. The minimum absolute atomic E-state index is 0.197. The average Bonchev–Trinajstić information content (AvgIpc) is 2.78. The van der Waals surface area contributed by atoms with Crippen LogP contribution in [0, 0.1) is 19.8 Å². The van der Waals surface area contributed by atoms with Crippen molar-refractivity contribution < 1.29 is 18.7 Å². The standard InChI is InChI=1S/C16H23NO4/c1-10-6-4-5-7-14(10)17-15(18)9-20-16(19)13-8-11(2)21-12(13)3/h8,10,14H,4-7,9H2,1-3H3,(H,17,18)/t10-,14+/m0/s1. The molecule has 116 valence electrons. The first-order chi connectivity index (χ1) is 9.97. The molecule has 1 fully saturated rings. The lowest BCUT2D eigenvalue weighted by Gasteiger charge is -2.29. The Hall–Kier alpha value is -1.78. The molecule has 0 bridgehead atoms. The van der Waals surface area contributed by atoms with Gasteiger partial charge in [-0.2, -0.15) is 0 Å². The van der Waals surface area contributed by atoms with E-state index in [9.17, 15) is 9.59 Å². The second-order valence-corrected chi connectivity index (χ2v) is 5.84. The summed E-state index contributed by atoms with van der Waals surface area (Å²) in [6, 6.07) is 1.82. The third-order valence-corrected chi connectivity index (χ3v) is 4.05. The molecule has 0 aromatic carbocycles. The molecule has 5 heteroatoms. The van der Waals surface area contributed by atoms with E-state index in [1.165, 1.54) is 6.42 Å². The Morgan fingerprint density at radius 3 is 2.67 bits per heavy atom. The zero-order valence-electron chi connectivity index (χ0n) is 12.9. The van der Waals surface area contributed by atoms with Crippen LogP contribution in [0.2, 0.25) is 0 Å². The summed E-state index contributed by atoms with van der Waals surface area (Å²) in [5.74, 6) is 0.895. The van der Waals surface area contributed by atoms with E-state index in [4.69, 9.17) is 9.15 Å². The molecule has 1 N–H and O–H groups in total. The number of carbonyl (C=O) groups is 2. The van der Waals surface area contributed by atoms with Gasteiger partial charge in [0.15, 0.2) is 6.61 Å². The van der Waals surface area contributed by atoms with Gasteiger partial charge in [0.2, 0.25) is 0 Å². The first-order valence-electron chi connectivity index (χ1n) is 7.51. The highest BCUT2D eigenvalue weighted by Crippen LogP contribution is 2.23. The van der Waals surface area contributed by atoms with Crippen LogP contribution in [0.4, 0.5) is 0 Å². The lowest BCUT2D eigenvalue weighted by Crippen LogP contribution is -2.42. The Kier molecular flexibility index (Phi) is 5.04. The summed E-state index contributed by atoms with van der Waals surface area (Å²) < 4.78 is 10.3. The van der Waals surface area contributed by atoms with Gasteiger partial charge in [0, 0.05) is 6.04 Å². The van der Waals surface area contributed by atoms with Crippen LogP contribution >= 0.6 is 0 Å². The van der Waals surface area contributed by atoms with Crippen molar-refractivity contribution in [1.29, 1.82) is 0 Å². The zero-order valence-corrected chi connectivity index (χ0v) is 12.9. The van der Waals surface area contributed by atoms with Crippen molar-refractivity contribution in [3.05, 3.63) is 23.2 Å². The number of furan rings is 1. The van der Waals surface area contributed by atoms with Gasteiger partial charge in [-0.05, 0) is 38.7 Å². The van der Waals surface area contributed by atoms with Crippen molar-refractivity contribution in [2.24, 2.45) is 5.92 Å². The Morgan fingerprint density at radius 1 is 1.33 bits per heavy atom. The fourth-order valence-corrected chi connectivity index (χ4v) is 2.82. The molecule has 0 aliphatic heterocycles. The summed E-state index contributed by atoms with van der Waals surface area (Å²) >= 11 is 0. The van der Waals surface area contributed by atoms with Crippen LogP contribution < -0.4 is 5.32 Å². The van der Waals surface area contributed by atoms with Crippen LogP contribution in [0.15, 0.2) is 10.5 Å². The zero-order chi connectivity index (χ0) is 15.4. The van der Waals surface area contributed by atoms with E-state index in [0.717, 1.165) is 19.3 Å². The molecule has 2 atom stereocenters. The molecule has 1 saturated carbocycles. The highest BCUT2D eigenvalue weighted by Gasteiger charge is 2.23. The van der Waals surface area contributed by atoms with Crippen molar-refractivity contribution >= 4 is 11.9 Å². The molecule has 0 radical (unpaired) electrons.